The van der Waals surface area contributed by atoms with Gasteiger partial charge in [0, 0.05) is 12.6 Å². The number of nitrogens with zero attached hydrogens (tertiary/aromatic N) is 2. The van der Waals surface area contributed by atoms with Crippen LogP contribution in [0.25, 0.3) is 0 Å². The number of urea groups is 1. The minimum Gasteiger partial charge on any atom is -0.335 e. The van der Waals surface area contributed by atoms with Crippen LogP contribution in [0.2, 0.25) is 0 Å². The minimum absolute atomic E-state index is 0.00551. The van der Waals surface area contributed by atoms with Crippen LogP contribution < -0.4 is 16.3 Å². The molecule has 2 aliphatic rings. The maximum Gasteiger partial charge on any atom is 0.343 e. The summed E-state index contributed by atoms with van der Waals surface area (Å²) in [6.07, 6.45) is 5.72. The Bertz CT molecular complexity index is 973. The molecule has 3 N–H and O–H groups in total. The zero-order valence-electron chi connectivity index (χ0n) is 17.7. The van der Waals surface area contributed by atoms with Crippen molar-refractivity contribution in [2.24, 2.45) is 17.8 Å². The number of fused-ring (bicyclic) bond motifs is 2. The van der Waals surface area contributed by atoms with Gasteiger partial charge in [-0.25, -0.2) is 14.7 Å². The number of hydrogen-bond donors (Lipinski definition) is 3. The van der Waals surface area contributed by atoms with Gasteiger partial charge in [-0.3, -0.25) is 14.7 Å². The second-order valence-corrected chi connectivity index (χ2v) is 9.58. The normalized spacial score (nSPS) is 22.9. The van der Waals surface area contributed by atoms with Crippen LogP contribution in [-0.2, 0) is 17.8 Å². The summed E-state index contributed by atoms with van der Waals surface area (Å²) < 4.78 is 1.52. The van der Waals surface area contributed by atoms with Gasteiger partial charge < -0.3 is 5.32 Å². The van der Waals surface area contributed by atoms with Gasteiger partial charge in [0.1, 0.15) is 0 Å². The van der Waals surface area contributed by atoms with Crippen molar-refractivity contribution in [3.05, 3.63) is 46.4 Å². The van der Waals surface area contributed by atoms with E-state index in [-0.39, 0.29) is 17.5 Å². The first-order valence-electron chi connectivity index (χ1n) is 10.9. The fourth-order valence-electron chi connectivity index (χ4n) is 5.05. The van der Waals surface area contributed by atoms with E-state index >= 15 is 0 Å². The van der Waals surface area contributed by atoms with Gasteiger partial charge in [0.25, 0.3) is 0 Å². The lowest BCUT2D eigenvalue weighted by Crippen LogP contribution is -2.47. The summed E-state index contributed by atoms with van der Waals surface area (Å²) in [5, 5.41) is 12.2. The third-order valence-corrected chi connectivity index (χ3v) is 7.55. The number of nitrogens with one attached hydrogen (secondary N) is 3. The van der Waals surface area contributed by atoms with Crippen molar-refractivity contribution in [3.8, 4) is 0 Å². The van der Waals surface area contributed by atoms with Crippen LogP contribution in [0.5, 0.6) is 0 Å². The van der Waals surface area contributed by atoms with E-state index in [2.05, 4.69) is 20.8 Å². The Labute approximate surface area is 185 Å². The molecule has 0 radical (unpaired) electrons. The number of aromatic nitrogens is 3. The number of amides is 3. The number of thioether (sulfide) groups is 1. The third-order valence-electron chi connectivity index (χ3n) is 6.57. The molecule has 0 spiro atoms. The molecule has 1 aromatic heterocycles. The highest BCUT2D eigenvalue weighted by Crippen LogP contribution is 2.49. The Morgan fingerprint density at radius 1 is 1.26 bits per heavy atom. The Kier molecular flexibility index (Phi) is 6.80. The Hall–Kier alpha value is -2.55. The number of H-pyrrole nitrogens is 1. The maximum absolute atomic E-state index is 12.2. The number of hydrogen-bond acceptors (Lipinski definition) is 5. The van der Waals surface area contributed by atoms with Crippen LogP contribution in [0.15, 0.2) is 40.3 Å². The van der Waals surface area contributed by atoms with Crippen LogP contribution >= 0.6 is 11.8 Å². The summed E-state index contributed by atoms with van der Waals surface area (Å²) >= 11 is 1.14. The average Bonchev–Trinajstić information content (AvgIpc) is 3.47. The van der Waals surface area contributed by atoms with Crippen LogP contribution in [0.4, 0.5) is 4.79 Å². The quantitative estimate of drug-likeness (QED) is 0.544. The van der Waals surface area contributed by atoms with Crippen LogP contribution in [0, 0.1) is 17.8 Å². The smallest absolute Gasteiger partial charge is 0.335 e. The zero-order chi connectivity index (χ0) is 21.8. The highest BCUT2D eigenvalue weighted by molar-refractivity contribution is 7.99. The lowest BCUT2D eigenvalue weighted by Gasteiger charge is -2.28. The molecular formula is C22H29N5O3S. The molecule has 2 saturated carbocycles. The molecule has 8 nitrogen and oxygen atoms in total. The lowest BCUT2D eigenvalue weighted by molar-refractivity contribution is -0.117. The fourth-order valence-corrected chi connectivity index (χ4v) is 5.82. The summed E-state index contributed by atoms with van der Waals surface area (Å²) in [6.45, 7) is 2.49. The zero-order valence-corrected chi connectivity index (χ0v) is 18.5. The predicted octanol–water partition coefficient (Wildman–Crippen LogP) is 2.56. The third kappa shape index (κ3) is 5.39. The molecule has 9 heteroatoms. The van der Waals surface area contributed by atoms with Gasteiger partial charge in [-0.15, -0.1) is 5.10 Å². The molecule has 31 heavy (non-hydrogen) atoms. The molecule has 2 aromatic rings. The van der Waals surface area contributed by atoms with Gasteiger partial charge in [-0.05, 0) is 55.9 Å². The number of benzene rings is 1. The first-order valence-corrected chi connectivity index (χ1v) is 11.9. The van der Waals surface area contributed by atoms with Gasteiger partial charge in [0.15, 0.2) is 5.16 Å². The second-order valence-electron chi connectivity index (χ2n) is 8.64. The van der Waals surface area contributed by atoms with Crippen molar-refractivity contribution in [1.82, 2.24) is 25.4 Å². The van der Waals surface area contributed by atoms with Crippen molar-refractivity contribution in [1.29, 1.82) is 0 Å². The minimum atomic E-state index is -0.454. The summed E-state index contributed by atoms with van der Waals surface area (Å²) in [6, 6.07) is 9.47. The van der Waals surface area contributed by atoms with Crippen LogP contribution in [0.1, 0.15) is 38.2 Å². The monoisotopic (exact) mass is 443 g/mol. The molecule has 1 heterocycles. The number of rotatable bonds is 8. The summed E-state index contributed by atoms with van der Waals surface area (Å²) in [7, 11) is 0. The number of imide groups is 1. The molecule has 3 amide bonds. The van der Waals surface area contributed by atoms with E-state index in [1.165, 1.54) is 30.3 Å². The molecule has 0 saturated heterocycles. The summed E-state index contributed by atoms with van der Waals surface area (Å²) in [5.41, 5.74) is 0.807. The predicted molar refractivity (Wildman–Crippen MR) is 119 cm³/mol. The largest absolute Gasteiger partial charge is 0.343 e. The molecule has 2 aliphatic carbocycles. The fraction of sp³-hybridized carbons (Fsp3) is 0.545. The first kappa shape index (κ1) is 21.7. The van der Waals surface area contributed by atoms with Crippen molar-refractivity contribution in [2.75, 3.05) is 5.75 Å². The second kappa shape index (κ2) is 9.72. The van der Waals surface area contributed by atoms with Crippen molar-refractivity contribution < 1.29 is 9.59 Å². The van der Waals surface area contributed by atoms with Crippen LogP contribution in [-0.4, -0.2) is 38.5 Å². The van der Waals surface area contributed by atoms with E-state index < -0.39 is 11.9 Å². The molecule has 2 bridgehead atoms. The molecule has 166 valence electrons. The standard InChI is InChI=1S/C22H29N5O3S/c1-14(18-12-16-7-8-17(18)11-16)23-20(29)24-19(28)13-31-22-26-25-21(30)27(22)10-9-15-5-3-2-4-6-15/h2-6,14,16-18H,7-13H2,1H3,(H,25,30)(H2,23,24,28,29)/t14-,16+,17+,18-/m1/s1. The molecule has 4 rings (SSSR count). The highest BCUT2D eigenvalue weighted by Gasteiger charge is 2.42. The maximum atomic E-state index is 12.2. The van der Waals surface area contributed by atoms with Gasteiger partial charge in [0.05, 0.1) is 5.75 Å². The van der Waals surface area contributed by atoms with Crippen LogP contribution in [0.3, 0.4) is 0 Å². The Morgan fingerprint density at radius 2 is 2.06 bits per heavy atom. The number of aromatic amines is 1. The van der Waals surface area contributed by atoms with E-state index in [4.69, 9.17) is 0 Å². The first-order chi connectivity index (χ1) is 15.0. The Balaban J connectivity index is 1.23. The van der Waals surface area contributed by atoms with Crippen molar-refractivity contribution in [2.45, 2.75) is 56.8 Å². The van der Waals surface area contributed by atoms with Crippen molar-refractivity contribution >= 4 is 23.7 Å². The number of carbonyl (C=O) groups excluding carboxylic acids is 2. The SMILES string of the molecule is C[C@@H](NC(=O)NC(=O)CSc1n[nH]c(=O)n1CCc1ccccc1)[C@H]1C[C@H]2CC[C@H]1C2. The molecule has 0 unspecified atom stereocenters. The lowest BCUT2D eigenvalue weighted by atomic mass is 9.84. The van der Waals surface area contributed by atoms with Gasteiger partial charge in [-0.2, -0.15) is 0 Å². The molecule has 1 aromatic carbocycles. The van der Waals surface area contributed by atoms with Gasteiger partial charge in [-0.1, -0.05) is 48.5 Å². The van der Waals surface area contributed by atoms with E-state index in [1.807, 2.05) is 37.3 Å². The van der Waals surface area contributed by atoms with E-state index in [9.17, 15) is 14.4 Å². The molecule has 2 fully saturated rings. The highest BCUT2D eigenvalue weighted by atomic mass is 32.2. The van der Waals surface area contributed by atoms with Gasteiger partial charge in [0.2, 0.25) is 5.91 Å². The summed E-state index contributed by atoms with van der Waals surface area (Å²) in [4.78, 5) is 36.5. The average molecular weight is 444 g/mol. The van der Waals surface area contributed by atoms with E-state index in [0.717, 1.165) is 23.2 Å². The number of aryl methyl sites for hydroxylation is 1. The molecule has 4 atom stereocenters. The van der Waals surface area contributed by atoms with E-state index in [1.54, 1.807) is 0 Å². The Morgan fingerprint density at radius 3 is 2.77 bits per heavy atom. The van der Waals surface area contributed by atoms with Gasteiger partial charge >= 0.3 is 11.7 Å². The topological polar surface area (TPSA) is 109 Å². The summed E-state index contributed by atoms with van der Waals surface area (Å²) in [5.74, 6) is 1.63. The van der Waals surface area contributed by atoms with E-state index in [0.29, 0.717) is 30.0 Å². The molecular weight excluding hydrogens is 414 g/mol. The van der Waals surface area contributed by atoms with Crippen molar-refractivity contribution in [3.63, 3.8) is 0 Å². The molecule has 0 aliphatic heterocycles. The number of carbonyl (C=O) groups is 2.